The van der Waals surface area contributed by atoms with Gasteiger partial charge in [0.2, 0.25) is 5.71 Å². The number of hydrogen-bond acceptors (Lipinski definition) is 11. The summed E-state index contributed by atoms with van der Waals surface area (Å²) in [7, 11) is 0. The van der Waals surface area contributed by atoms with Crippen LogP contribution in [0.25, 0.3) is 16.8 Å². The predicted octanol–water partition coefficient (Wildman–Crippen LogP) is 1.62. The van der Waals surface area contributed by atoms with Crippen LogP contribution in [0.1, 0.15) is 39.2 Å². The van der Waals surface area contributed by atoms with Crippen molar-refractivity contribution in [2.45, 2.75) is 20.5 Å². The molecule has 4 rings (SSSR count). The van der Waals surface area contributed by atoms with E-state index in [2.05, 4.69) is 25.5 Å². The Bertz CT molecular complexity index is 1270. The number of hydrogen-bond donors (Lipinski definition) is 1. The lowest BCUT2D eigenvalue weighted by atomic mass is 10.2. The first-order chi connectivity index (χ1) is 15.0. The number of aromatic nitrogens is 6. The van der Waals surface area contributed by atoms with Crippen molar-refractivity contribution in [1.29, 1.82) is 0 Å². The second kappa shape index (κ2) is 8.18. The Hall–Kier alpha value is -4.35. The monoisotopic (exact) mass is 423 g/mol. The van der Waals surface area contributed by atoms with Gasteiger partial charge in [-0.2, -0.15) is 4.98 Å². The Balaban J connectivity index is 1.54. The Morgan fingerprint density at radius 2 is 2.03 bits per heavy atom. The van der Waals surface area contributed by atoms with Gasteiger partial charge < -0.3 is 19.6 Å². The number of fused-ring (bicyclic) bond motifs is 1. The van der Waals surface area contributed by atoms with Crippen LogP contribution in [0.5, 0.6) is 0 Å². The number of esters is 2. The highest BCUT2D eigenvalue weighted by Gasteiger charge is 2.24. The number of tetrazole rings is 1. The van der Waals surface area contributed by atoms with Crippen molar-refractivity contribution < 1.29 is 23.5 Å². The zero-order valence-corrected chi connectivity index (χ0v) is 16.6. The molecular weight excluding hydrogens is 406 g/mol. The van der Waals surface area contributed by atoms with Gasteiger partial charge in [0.05, 0.1) is 23.2 Å². The first-order valence-corrected chi connectivity index (χ1v) is 9.21. The molecule has 0 saturated carbocycles. The van der Waals surface area contributed by atoms with Gasteiger partial charge in [-0.15, -0.1) is 5.10 Å². The summed E-state index contributed by atoms with van der Waals surface area (Å²) in [5, 5.41) is 11.2. The van der Waals surface area contributed by atoms with Crippen molar-refractivity contribution in [3.63, 3.8) is 0 Å². The first kappa shape index (κ1) is 19.9. The molecule has 0 radical (unpaired) electrons. The van der Waals surface area contributed by atoms with E-state index in [-0.39, 0.29) is 41.5 Å². The fraction of sp³-hybridized carbons (Fsp3) is 0.211. The van der Waals surface area contributed by atoms with E-state index in [0.29, 0.717) is 17.0 Å². The highest BCUT2D eigenvalue weighted by atomic mass is 16.5. The van der Waals surface area contributed by atoms with Gasteiger partial charge in [-0.25, -0.2) is 19.3 Å². The topological polar surface area (TPSA) is 161 Å². The molecule has 0 aliphatic heterocycles. The number of nitrogens with zero attached hydrogens (tertiary/aromatic N) is 6. The third kappa shape index (κ3) is 3.90. The minimum atomic E-state index is -0.597. The molecule has 4 aromatic rings. The minimum Gasteiger partial charge on any atom is -0.462 e. The summed E-state index contributed by atoms with van der Waals surface area (Å²) in [5.41, 5.74) is 7.19. The molecule has 3 heterocycles. The maximum atomic E-state index is 12.5. The molecule has 2 N–H and O–H groups in total. The highest BCUT2D eigenvalue weighted by molar-refractivity contribution is 6.07. The van der Waals surface area contributed by atoms with E-state index in [0.717, 1.165) is 0 Å². The molecule has 31 heavy (non-hydrogen) atoms. The van der Waals surface area contributed by atoms with E-state index < -0.39 is 11.9 Å². The van der Waals surface area contributed by atoms with E-state index in [1.54, 1.807) is 38.1 Å². The molecule has 12 nitrogen and oxygen atoms in total. The van der Waals surface area contributed by atoms with Crippen molar-refractivity contribution >= 4 is 28.9 Å². The number of nitrogen functional groups attached to an aromatic ring is 1. The molecule has 0 unspecified atom stereocenters. The van der Waals surface area contributed by atoms with Gasteiger partial charge in [0.25, 0.3) is 0 Å². The molecular formula is C19H17N7O5. The smallest absolute Gasteiger partial charge is 0.342 e. The molecule has 3 aromatic heterocycles. The van der Waals surface area contributed by atoms with Crippen LogP contribution in [-0.2, 0) is 16.1 Å². The number of rotatable bonds is 6. The number of ether oxygens (including phenoxy) is 2. The number of carbonyl (C=O) groups excluding carboxylic acids is 2. The van der Waals surface area contributed by atoms with Crippen LogP contribution in [0.15, 0.2) is 35.0 Å². The van der Waals surface area contributed by atoms with Crippen molar-refractivity contribution in [3.8, 4) is 5.69 Å². The lowest BCUT2D eigenvalue weighted by Gasteiger charge is -2.07. The van der Waals surface area contributed by atoms with E-state index in [1.807, 2.05) is 0 Å². The quantitative estimate of drug-likeness (QED) is 0.448. The molecule has 0 aliphatic rings. The van der Waals surface area contributed by atoms with E-state index in [1.165, 1.54) is 11.0 Å². The number of aryl methyl sites for hydroxylation is 1. The first-order valence-electron chi connectivity index (χ1n) is 9.21. The fourth-order valence-electron chi connectivity index (χ4n) is 2.97. The molecule has 0 aliphatic carbocycles. The summed E-state index contributed by atoms with van der Waals surface area (Å²) in [6.07, 6.45) is 1.41. The third-order valence-electron chi connectivity index (χ3n) is 4.31. The predicted molar refractivity (Wildman–Crippen MR) is 105 cm³/mol. The van der Waals surface area contributed by atoms with Crippen molar-refractivity contribution in [3.05, 3.63) is 53.3 Å². The third-order valence-corrected chi connectivity index (χ3v) is 4.31. The SMILES string of the molecule is CCOC(=O)c1c(C)oc2nc(COC(=O)c3cccc(-n4cnnn4)c3)nc(N)c12. The van der Waals surface area contributed by atoms with Crippen LogP contribution >= 0.6 is 0 Å². The van der Waals surface area contributed by atoms with Gasteiger partial charge >= 0.3 is 11.9 Å². The van der Waals surface area contributed by atoms with Crippen molar-refractivity contribution in [1.82, 2.24) is 30.2 Å². The standard InChI is InChI=1S/C19H17N7O5/c1-3-29-19(28)14-10(2)31-17-15(14)16(20)22-13(23-17)8-30-18(27)11-5-4-6-12(7-11)26-9-21-24-25-26/h4-7,9H,3,8H2,1-2H3,(H2,20,22,23). The maximum Gasteiger partial charge on any atom is 0.342 e. The molecule has 0 saturated heterocycles. The largest absolute Gasteiger partial charge is 0.462 e. The summed E-state index contributed by atoms with van der Waals surface area (Å²) in [6.45, 7) is 3.25. The second-order valence-electron chi connectivity index (χ2n) is 6.34. The minimum absolute atomic E-state index is 0.0247. The van der Waals surface area contributed by atoms with Gasteiger partial charge in [-0.05, 0) is 42.5 Å². The van der Waals surface area contributed by atoms with Gasteiger partial charge in [-0.3, -0.25) is 0 Å². The Labute approximate surface area is 175 Å². The number of benzene rings is 1. The van der Waals surface area contributed by atoms with Crippen LogP contribution in [0.3, 0.4) is 0 Å². The van der Waals surface area contributed by atoms with Crippen LogP contribution < -0.4 is 5.73 Å². The van der Waals surface area contributed by atoms with Crippen LogP contribution in [0, 0.1) is 6.92 Å². The fourth-order valence-corrected chi connectivity index (χ4v) is 2.97. The van der Waals surface area contributed by atoms with Crippen molar-refractivity contribution in [2.75, 3.05) is 12.3 Å². The molecule has 1 aromatic carbocycles. The van der Waals surface area contributed by atoms with Gasteiger partial charge in [0.15, 0.2) is 12.4 Å². The summed E-state index contributed by atoms with van der Waals surface area (Å²) < 4.78 is 17.3. The summed E-state index contributed by atoms with van der Waals surface area (Å²) in [5.74, 6) is -0.713. The normalized spacial score (nSPS) is 10.9. The number of carbonyl (C=O) groups is 2. The lowest BCUT2D eigenvalue weighted by molar-refractivity contribution is 0.0461. The molecule has 0 fully saturated rings. The maximum absolute atomic E-state index is 12.5. The zero-order valence-electron chi connectivity index (χ0n) is 16.6. The Morgan fingerprint density at radius 3 is 2.77 bits per heavy atom. The van der Waals surface area contributed by atoms with Gasteiger partial charge in [0, 0.05) is 0 Å². The van der Waals surface area contributed by atoms with Crippen molar-refractivity contribution in [2.24, 2.45) is 0 Å². The number of anilines is 1. The van der Waals surface area contributed by atoms with E-state index in [4.69, 9.17) is 19.6 Å². The van der Waals surface area contributed by atoms with Crippen LogP contribution in [0.2, 0.25) is 0 Å². The molecule has 12 heteroatoms. The van der Waals surface area contributed by atoms with Gasteiger partial charge in [0.1, 0.15) is 23.5 Å². The van der Waals surface area contributed by atoms with E-state index >= 15 is 0 Å². The molecule has 158 valence electrons. The van der Waals surface area contributed by atoms with Gasteiger partial charge in [-0.1, -0.05) is 6.07 Å². The number of nitrogens with two attached hydrogens (primary N) is 1. The van der Waals surface area contributed by atoms with Crippen LogP contribution in [0.4, 0.5) is 5.82 Å². The highest BCUT2D eigenvalue weighted by Crippen LogP contribution is 2.29. The summed E-state index contributed by atoms with van der Waals surface area (Å²) >= 11 is 0. The second-order valence-corrected chi connectivity index (χ2v) is 6.34. The zero-order chi connectivity index (χ0) is 22.0. The molecule has 0 spiro atoms. The Kier molecular flexibility index (Phi) is 5.26. The lowest BCUT2D eigenvalue weighted by Crippen LogP contribution is -2.10. The summed E-state index contributed by atoms with van der Waals surface area (Å²) in [6, 6.07) is 6.59. The molecule has 0 atom stereocenters. The summed E-state index contributed by atoms with van der Waals surface area (Å²) in [4.78, 5) is 33.0. The van der Waals surface area contributed by atoms with E-state index in [9.17, 15) is 9.59 Å². The van der Waals surface area contributed by atoms with Crippen LogP contribution in [-0.4, -0.2) is 48.7 Å². The molecule has 0 bridgehead atoms. The Morgan fingerprint density at radius 1 is 1.19 bits per heavy atom. The average molecular weight is 423 g/mol. The number of furan rings is 1. The average Bonchev–Trinajstić information content (AvgIpc) is 3.40. The molecule has 0 amide bonds.